The Bertz CT molecular complexity index is 523. The Morgan fingerprint density at radius 3 is 3.00 bits per heavy atom. The molecule has 5 heteroatoms. The van der Waals surface area contributed by atoms with Crippen LogP contribution in [-0.4, -0.2) is 9.97 Å². The SMILES string of the molecule is O=c1[nH]c(Cl)nc2cccc(I)c12. The van der Waals surface area contributed by atoms with Gasteiger partial charge in [-0.15, -0.1) is 0 Å². The van der Waals surface area contributed by atoms with Crippen molar-refractivity contribution < 1.29 is 0 Å². The lowest BCUT2D eigenvalue weighted by molar-refractivity contribution is 1.17. The van der Waals surface area contributed by atoms with Gasteiger partial charge in [0, 0.05) is 3.57 Å². The van der Waals surface area contributed by atoms with Gasteiger partial charge in [0.25, 0.3) is 5.56 Å². The molecule has 0 aliphatic heterocycles. The molecule has 0 saturated heterocycles. The second-order valence-corrected chi connectivity index (χ2v) is 4.01. The van der Waals surface area contributed by atoms with Crippen LogP contribution < -0.4 is 5.56 Å². The minimum atomic E-state index is -0.194. The highest BCUT2D eigenvalue weighted by atomic mass is 127. The quantitative estimate of drug-likeness (QED) is 0.599. The molecule has 0 aliphatic carbocycles. The van der Waals surface area contributed by atoms with E-state index >= 15 is 0 Å². The van der Waals surface area contributed by atoms with E-state index in [4.69, 9.17) is 11.6 Å². The van der Waals surface area contributed by atoms with Crippen LogP contribution >= 0.6 is 34.2 Å². The van der Waals surface area contributed by atoms with Crippen LogP contribution in [0.1, 0.15) is 0 Å². The fraction of sp³-hybridized carbons (Fsp3) is 0. The molecule has 1 heterocycles. The van der Waals surface area contributed by atoms with Crippen molar-refractivity contribution >= 4 is 45.1 Å². The van der Waals surface area contributed by atoms with Crippen LogP contribution in [0.5, 0.6) is 0 Å². The van der Waals surface area contributed by atoms with E-state index in [2.05, 4.69) is 32.6 Å². The average Bonchev–Trinajstić information content (AvgIpc) is 2.02. The predicted molar refractivity (Wildman–Crippen MR) is 60.1 cm³/mol. The van der Waals surface area contributed by atoms with E-state index in [1.165, 1.54) is 0 Å². The van der Waals surface area contributed by atoms with Gasteiger partial charge in [-0.05, 0) is 46.3 Å². The molecule has 2 aromatic rings. The molecule has 0 unspecified atom stereocenters. The monoisotopic (exact) mass is 306 g/mol. The summed E-state index contributed by atoms with van der Waals surface area (Å²) in [4.78, 5) is 17.9. The first-order chi connectivity index (χ1) is 6.18. The van der Waals surface area contributed by atoms with E-state index < -0.39 is 0 Å². The minimum absolute atomic E-state index is 0.125. The molecule has 1 aromatic carbocycles. The molecule has 0 aliphatic rings. The zero-order chi connectivity index (χ0) is 9.42. The van der Waals surface area contributed by atoms with Crippen LogP contribution in [0.15, 0.2) is 23.0 Å². The molecule has 0 atom stereocenters. The number of fused-ring (bicyclic) bond motifs is 1. The van der Waals surface area contributed by atoms with Crippen LogP contribution in [0, 0.1) is 3.57 Å². The van der Waals surface area contributed by atoms with E-state index in [1.54, 1.807) is 6.07 Å². The van der Waals surface area contributed by atoms with Crippen molar-refractivity contribution in [3.05, 3.63) is 37.4 Å². The first-order valence-electron chi connectivity index (χ1n) is 3.52. The molecular formula is C8H4ClIN2O. The van der Waals surface area contributed by atoms with Crippen LogP contribution in [0.25, 0.3) is 10.9 Å². The Morgan fingerprint density at radius 2 is 2.23 bits per heavy atom. The van der Waals surface area contributed by atoms with E-state index in [-0.39, 0.29) is 10.8 Å². The Morgan fingerprint density at radius 1 is 1.46 bits per heavy atom. The number of rotatable bonds is 0. The maximum atomic E-state index is 11.4. The van der Waals surface area contributed by atoms with Gasteiger partial charge in [0.05, 0.1) is 10.9 Å². The third-order valence-corrected chi connectivity index (χ3v) is 2.73. The first-order valence-corrected chi connectivity index (χ1v) is 4.98. The summed E-state index contributed by atoms with van der Waals surface area (Å²) in [7, 11) is 0. The summed E-state index contributed by atoms with van der Waals surface area (Å²) in [6.07, 6.45) is 0. The normalized spacial score (nSPS) is 10.6. The Kier molecular flexibility index (Phi) is 2.25. The summed E-state index contributed by atoms with van der Waals surface area (Å²) < 4.78 is 0.875. The van der Waals surface area contributed by atoms with E-state index in [9.17, 15) is 4.79 Å². The summed E-state index contributed by atoms with van der Waals surface area (Å²) in [5.41, 5.74) is 0.431. The van der Waals surface area contributed by atoms with Gasteiger partial charge in [0.15, 0.2) is 0 Å². The molecule has 0 bridgehead atoms. The molecule has 1 aromatic heterocycles. The van der Waals surface area contributed by atoms with E-state index in [1.807, 2.05) is 12.1 Å². The van der Waals surface area contributed by atoms with Crippen molar-refractivity contribution in [3.63, 3.8) is 0 Å². The van der Waals surface area contributed by atoms with Gasteiger partial charge in [-0.2, -0.15) is 0 Å². The van der Waals surface area contributed by atoms with Gasteiger partial charge < -0.3 is 0 Å². The number of halogens is 2. The lowest BCUT2D eigenvalue weighted by Gasteiger charge is -1.98. The second-order valence-electron chi connectivity index (χ2n) is 2.49. The van der Waals surface area contributed by atoms with Gasteiger partial charge in [-0.3, -0.25) is 9.78 Å². The van der Waals surface area contributed by atoms with Crippen molar-refractivity contribution in [2.45, 2.75) is 0 Å². The molecule has 0 amide bonds. The third-order valence-electron chi connectivity index (χ3n) is 1.65. The van der Waals surface area contributed by atoms with Gasteiger partial charge in [-0.25, -0.2) is 4.98 Å². The van der Waals surface area contributed by atoms with Gasteiger partial charge in [0.2, 0.25) is 5.28 Å². The Hall–Kier alpha value is -0.620. The smallest absolute Gasteiger partial charge is 0.260 e. The number of benzene rings is 1. The zero-order valence-electron chi connectivity index (χ0n) is 6.34. The molecule has 66 valence electrons. The molecule has 13 heavy (non-hydrogen) atoms. The summed E-state index contributed by atoms with van der Waals surface area (Å²) in [6.45, 7) is 0. The average molecular weight is 306 g/mol. The summed E-state index contributed by atoms with van der Waals surface area (Å²) in [5.74, 6) is 0. The van der Waals surface area contributed by atoms with Gasteiger partial charge in [-0.1, -0.05) is 6.07 Å². The maximum Gasteiger partial charge on any atom is 0.260 e. The highest BCUT2D eigenvalue weighted by molar-refractivity contribution is 14.1. The molecule has 0 radical (unpaired) electrons. The highest BCUT2D eigenvalue weighted by Gasteiger charge is 2.04. The number of aromatic nitrogens is 2. The number of H-pyrrole nitrogens is 1. The van der Waals surface area contributed by atoms with Gasteiger partial charge >= 0.3 is 0 Å². The predicted octanol–water partition coefficient (Wildman–Crippen LogP) is 2.18. The maximum absolute atomic E-state index is 11.4. The number of hydrogen-bond acceptors (Lipinski definition) is 2. The van der Waals surface area contributed by atoms with Crippen LogP contribution in [0.3, 0.4) is 0 Å². The summed E-state index contributed by atoms with van der Waals surface area (Å²) >= 11 is 7.70. The molecule has 1 N–H and O–H groups in total. The lowest BCUT2D eigenvalue weighted by atomic mass is 10.2. The van der Waals surface area contributed by atoms with Crippen molar-refractivity contribution in [2.24, 2.45) is 0 Å². The van der Waals surface area contributed by atoms with Crippen LogP contribution in [0.4, 0.5) is 0 Å². The molecular weight excluding hydrogens is 302 g/mol. The second kappa shape index (κ2) is 3.26. The first kappa shape index (κ1) is 8.96. The van der Waals surface area contributed by atoms with Crippen molar-refractivity contribution in [1.82, 2.24) is 9.97 Å². The fourth-order valence-electron chi connectivity index (χ4n) is 1.12. The number of aromatic amines is 1. The third kappa shape index (κ3) is 1.55. The van der Waals surface area contributed by atoms with E-state index in [0.717, 1.165) is 3.57 Å². The highest BCUT2D eigenvalue weighted by Crippen LogP contribution is 2.15. The standard InChI is InChI=1S/C8H4ClIN2O/c9-8-11-5-3-1-2-4(10)6(5)7(13)12-8/h1-3H,(H,11,12,13). The molecule has 3 nitrogen and oxygen atoms in total. The van der Waals surface area contributed by atoms with Crippen LogP contribution in [0.2, 0.25) is 5.28 Å². The molecule has 0 fully saturated rings. The van der Waals surface area contributed by atoms with Crippen molar-refractivity contribution in [3.8, 4) is 0 Å². The summed E-state index contributed by atoms with van der Waals surface area (Å²) in [5, 5.41) is 0.715. The lowest BCUT2D eigenvalue weighted by Crippen LogP contribution is -2.08. The van der Waals surface area contributed by atoms with Crippen molar-refractivity contribution in [1.29, 1.82) is 0 Å². The molecule has 2 rings (SSSR count). The Balaban J connectivity index is 3.03. The van der Waals surface area contributed by atoms with Crippen LogP contribution in [-0.2, 0) is 0 Å². The number of nitrogens with one attached hydrogen (secondary N) is 1. The fourth-order valence-corrected chi connectivity index (χ4v) is 2.03. The number of nitrogens with zero attached hydrogens (tertiary/aromatic N) is 1. The largest absolute Gasteiger partial charge is 0.297 e. The number of hydrogen-bond donors (Lipinski definition) is 1. The topological polar surface area (TPSA) is 45.8 Å². The molecule has 0 spiro atoms. The zero-order valence-corrected chi connectivity index (χ0v) is 9.26. The molecule has 0 saturated carbocycles. The van der Waals surface area contributed by atoms with E-state index in [0.29, 0.717) is 10.9 Å². The Labute approximate surface area is 92.3 Å². The summed E-state index contributed by atoms with van der Waals surface area (Å²) in [6, 6.07) is 5.46. The minimum Gasteiger partial charge on any atom is -0.297 e. The van der Waals surface area contributed by atoms with Gasteiger partial charge in [0.1, 0.15) is 0 Å². The van der Waals surface area contributed by atoms with Crippen molar-refractivity contribution in [2.75, 3.05) is 0 Å².